The van der Waals surface area contributed by atoms with Crippen LogP contribution in [0.15, 0.2) is 64.9 Å². The average molecular weight is 462 g/mol. The van der Waals surface area contributed by atoms with E-state index in [2.05, 4.69) is 22.1 Å². The minimum atomic E-state index is -0.196. The van der Waals surface area contributed by atoms with Gasteiger partial charge in [0.15, 0.2) is 0 Å². The summed E-state index contributed by atoms with van der Waals surface area (Å²) in [5.74, 6) is 5.59. The molecule has 0 saturated carbocycles. The van der Waals surface area contributed by atoms with E-state index in [4.69, 9.17) is 0 Å². The molecule has 4 rings (SSSR count). The van der Waals surface area contributed by atoms with Gasteiger partial charge in [0.05, 0.1) is 10.7 Å². The molecule has 0 spiro atoms. The molecule has 1 saturated heterocycles. The number of nitrogens with one attached hydrogen (secondary N) is 1. The summed E-state index contributed by atoms with van der Waals surface area (Å²) in [5.41, 5.74) is 2.07. The van der Waals surface area contributed by atoms with Gasteiger partial charge in [-0.1, -0.05) is 36.3 Å². The molecule has 2 amide bonds. The molecule has 1 N–H and O–H groups in total. The van der Waals surface area contributed by atoms with Crippen LogP contribution < -0.4 is 5.32 Å². The molecule has 1 fully saturated rings. The largest absolute Gasteiger partial charge is 0.332 e. The van der Waals surface area contributed by atoms with Crippen molar-refractivity contribution in [2.24, 2.45) is 0 Å². The van der Waals surface area contributed by atoms with Crippen LogP contribution in [0.3, 0.4) is 0 Å². The van der Waals surface area contributed by atoms with Crippen molar-refractivity contribution in [2.75, 3.05) is 24.7 Å². The molecule has 5 nitrogen and oxygen atoms in total. The molecular weight excluding hydrogens is 438 g/mol. The first kappa shape index (κ1) is 22.1. The number of benzene rings is 2. The zero-order valence-electron chi connectivity index (χ0n) is 17.7. The van der Waals surface area contributed by atoms with E-state index in [1.54, 1.807) is 16.7 Å². The number of amides is 2. The molecule has 1 aliphatic heterocycles. The van der Waals surface area contributed by atoms with Crippen LogP contribution in [0, 0.1) is 11.8 Å². The quantitative estimate of drug-likeness (QED) is 0.445. The molecule has 0 bridgehead atoms. The van der Waals surface area contributed by atoms with Crippen molar-refractivity contribution in [3.63, 3.8) is 0 Å². The lowest BCUT2D eigenvalue weighted by molar-refractivity contribution is -0.126. The van der Waals surface area contributed by atoms with Gasteiger partial charge >= 0.3 is 0 Å². The van der Waals surface area contributed by atoms with E-state index in [0.29, 0.717) is 18.8 Å². The summed E-state index contributed by atoms with van der Waals surface area (Å²) in [6.45, 7) is 1.30. The van der Waals surface area contributed by atoms with Crippen LogP contribution in [-0.2, 0) is 4.79 Å². The van der Waals surface area contributed by atoms with E-state index >= 15 is 0 Å². The Labute approximate surface area is 196 Å². The molecule has 0 atom stereocenters. The van der Waals surface area contributed by atoms with Crippen molar-refractivity contribution in [3.8, 4) is 11.8 Å². The fourth-order valence-corrected chi connectivity index (χ4v) is 5.09. The first-order valence-corrected chi connectivity index (χ1v) is 12.5. The Bertz CT molecular complexity index is 1160. The topological polar surface area (TPSA) is 62.3 Å². The predicted octanol–water partition coefficient (Wildman–Crippen LogP) is 4.88. The number of anilines is 1. The Morgan fingerprint density at radius 3 is 2.56 bits per heavy atom. The van der Waals surface area contributed by atoms with Crippen LogP contribution in [0.4, 0.5) is 5.69 Å². The Morgan fingerprint density at radius 2 is 1.81 bits per heavy atom. The number of rotatable bonds is 4. The van der Waals surface area contributed by atoms with Crippen molar-refractivity contribution < 1.29 is 9.59 Å². The van der Waals surface area contributed by atoms with Crippen molar-refractivity contribution in [2.45, 2.75) is 23.7 Å². The predicted molar refractivity (Wildman–Crippen MR) is 130 cm³/mol. The maximum Gasteiger partial charge on any atom is 0.298 e. The lowest BCUT2D eigenvalue weighted by Crippen LogP contribution is -2.37. The van der Waals surface area contributed by atoms with Gasteiger partial charge in [0.25, 0.3) is 11.8 Å². The highest BCUT2D eigenvalue weighted by Crippen LogP contribution is 2.31. The summed E-state index contributed by atoms with van der Waals surface area (Å²) in [4.78, 5) is 32.5. The molecule has 0 aliphatic carbocycles. The van der Waals surface area contributed by atoms with Gasteiger partial charge in [-0.05, 0) is 43.4 Å². The molecule has 1 aromatic heterocycles. The first-order valence-electron chi connectivity index (χ1n) is 10.4. The van der Waals surface area contributed by atoms with Crippen molar-refractivity contribution in [1.82, 2.24) is 9.88 Å². The molecule has 7 heteroatoms. The lowest BCUT2D eigenvalue weighted by Gasteiger charge is -2.29. The monoisotopic (exact) mass is 461 g/mol. The third-order valence-corrected chi connectivity index (χ3v) is 7.13. The minimum absolute atomic E-state index is 0.140. The highest BCUT2D eigenvalue weighted by Gasteiger charge is 2.26. The smallest absolute Gasteiger partial charge is 0.298 e. The van der Waals surface area contributed by atoms with Crippen LogP contribution in [0.5, 0.6) is 0 Å². The second-order valence-electron chi connectivity index (χ2n) is 7.41. The average Bonchev–Trinajstić information content (AvgIpc) is 3.34. The number of likely N-dealkylation sites (tertiary alicyclic amines) is 1. The van der Waals surface area contributed by atoms with Gasteiger partial charge in [-0.25, -0.2) is 4.98 Å². The zero-order chi connectivity index (χ0) is 22.3. The van der Waals surface area contributed by atoms with E-state index in [9.17, 15) is 9.59 Å². The van der Waals surface area contributed by atoms with Gasteiger partial charge in [-0.2, -0.15) is 0 Å². The van der Waals surface area contributed by atoms with E-state index in [-0.39, 0.29) is 17.7 Å². The van der Waals surface area contributed by atoms with Gasteiger partial charge in [-0.15, -0.1) is 23.1 Å². The van der Waals surface area contributed by atoms with Gasteiger partial charge in [0, 0.05) is 40.8 Å². The molecular formula is C25H23N3O2S2. The Kier molecular flexibility index (Phi) is 7.25. The number of hydrogen-bond donors (Lipinski definition) is 1. The highest BCUT2D eigenvalue weighted by atomic mass is 32.2. The Morgan fingerprint density at radius 1 is 1.09 bits per heavy atom. The second kappa shape index (κ2) is 10.5. The number of carbonyl (C=O) groups excluding carboxylic acids is 2. The number of carbonyl (C=O) groups is 2. The number of hydrogen-bond acceptors (Lipinski definition) is 5. The van der Waals surface area contributed by atoms with Crippen LogP contribution in [0.25, 0.3) is 0 Å². The van der Waals surface area contributed by atoms with Gasteiger partial charge in [0.1, 0.15) is 5.69 Å². The number of nitrogens with zero attached hydrogens (tertiary/aromatic N) is 2. The molecule has 2 aromatic carbocycles. The SMILES string of the molecule is CSc1ccccc1NC(=O)c1csc(C2CCN(C(=O)C#Cc3ccccc3)CC2)n1. The standard InChI is InChI=1S/C25H23N3O2S2/c1-31-22-10-6-5-9-20(22)26-24(30)21-17-32-25(27-21)19-13-15-28(16-14-19)23(29)12-11-18-7-3-2-4-8-18/h2-10,17,19H,13-16H2,1H3,(H,26,30). The molecule has 3 aromatic rings. The van der Waals surface area contributed by atoms with E-state index < -0.39 is 0 Å². The van der Waals surface area contributed by atoms with E-state index in [1.807, 2.05) is 66.2 Å². The van der Waals surface area contributed by atoms with Crippen molar-refractivity contribution in [1.29, 1.82) is 0 Å². The molecule has 0 radical (unpaired) electrons. The summed E-state index contributed by atoms with van der Waals surface area (Å²) in [5, 5.41) is 5.73. The Hall–Kier alpha value is -3.08. The normalized spacial score (nSPS) is 13.8. The molecule has 0 unspecified atom stereocenters. The van der Waals surface area contributed by atoms with E-state index in [1.165, 1.54) is 11.3 Å². The first-order chi connectivity index (χ1) is 15.6. The van der Waals surface area contributed by atoms with Gasteiger partial charge < -0.3 is 10.2 Å². The summed E-state index contributed by atoms with van der Waals surface area (Å²) in [7, 11) is 0. The van der Waals surface area contributed by atoms with Crippen LogP contribution in [0.2, 0.25) is 0 Å². The summed E-state index contributed by atoms with van der Waals surface area (Å²) < 4.78 is 0. The molecule has 2 heterocycles. The summed E-state index contributed by atoms with van der Waals surface area (Å²) in [6, 6.07) is 17.2. The highest BCUT2D eigenvalue weighted by molar-refractivity contribution is 7.98. The molecule has 162 valence electrons. The number of thiazole rings is 1. The zero-order valence-corrected chi connectivity index (χ0v) is 19.3. The van der Waals surface area contributed by atoms with Gasteiger partial charge in [0.2, 0.25) is 0 Å². The maximum absolute atomic E-state index is 12.7. The Balaban J connectivity index is 1.33. The fraction of sp³-hybridized carbons (Fsp3) is 0.240. The number of piperidine rings is 1. The maximum atomic E-state index is 12.7. The van der Waals surface area contributed by atoms with E-state index in [0.717, 1.165) is 34.0 Å². The number of para-hydroxylation sites is 1. The number of aromatic nitrogens is 1. The second-order valence-corrected chi connectivity index (χ2v) is 9.15. The third kappa shape index (κ3) is 5.39. The lowest BCUT2D eigenvalue weighted by atomic mass is 9.97. The third-order valence-electron chi connectivity index (χ3n) is 5.33. The minimum Gasteiger partial charge on any atom is -0.332 e. The van der Waals surface area contributed by atoms with Crippen molar-refractivity contribution >= 4 is 40.6 Å². The fourth-order valence-electron chi connectivity index (χ4n) is 3.57. The summed E-state index contributed by atoms with van der Waals surface area (Å²) >= 11 is 3.10. The van der Waals surface area contributed by atoms with Crippen LogP contribution >= 0.6 is 23.1 Å². The molecule has 1 aliphatic rings. The van der Waals surface area contributed by atoms with Gasteiger partial charge in [-0.3, -0.25) is 9.59 Å². The summed E-state index contributed by atoms with van der Waals surface area (Å²) in [6.07, 6.45) is 3.63. The molecule has 32 heavy (non-hydrogen) atoms. The van der Waals surface area contributed by atoms with Crippen molar-refractivity contribution in [3.05, 3.63) is 76.2 Å². The van der Waals surface area contributed by atoms with Crippen LogP contribution in [0.1, 0.15) is 39.8 Å². The number of thioether (sulfide) groups is 1. The van der Waals surface area contributed by atoms with Crippen LogP contribution in [-0.4, -0.2) is 41.0 Å².